The van der Waals surface area contributed by atoms with E-state index in [2.05, 4.69) is 31.2 Å². The number of thiazole rings is 1. The fourth-order valence-corrected chi connectivity index (χ4v) is 4.55. The fourth-order valence-electron chi connectivity index (χ4n) is 3.48. The number of aryl methyl sites for hydroxylation is 2. The summed E-state index contributed by atoms with van der Waals surface area (Å²) in [4.78, 5) is 19.3. The summed E-state index contributed by atoms with van der Waals surface area (Å²) in [5.41, 5.74) is 5.00. The monoisotopic (exact) mass is 350 g/mol. The molecule has 1 aliphatic rings. The molecule has 1 heterocycles. The van der Waals surface area contributed by atoms with E-state index in [1.165, 1.54) is 28.7 Å². The second-order valence-corrected chi connectivity index (χ2v) is 7.90. The molecule has 4 heteroatoms. The highest BCUT2D eigenvalue weighted by molar-refractivity contribution is 7.18. The van der Waals surface area contributed by atoms with Gasteiger partial charge in [0.05, 0.1) is 22.7 Å². The average molecular weight is 350 g/mol. The minimum Gasteiger partial charge on any atom is -0.336 e. The summed E-state index contributed by atoms with van der Waals surface area (Å²) in [6.07, 6.45) is 4.02. The van der Waals surface area contributed by atoms with Gasteiger partial charge in [-0.2, -0.15) is 0 Å². The Balaban J connectivity index is 1.49. The van der Waals surface area contributed by atoms with E-state index in [1.807, 2.05) is 30.1 Å². The molecule has 1 amide bonds. The van der Waals surface area contributed by atoms with Crippen molar-refractivity contribution in [2.45, 2.75) is 38.6 Å². The zero-order valence-corrected chi connectivity index (χ0v) is 15.5. The van der Waals surface area contributed by atoms with Crippen LogP contribution in [0.15, 0.2) is 42.5 Å². The number of aromatic nitrogens is 1. The Hall–Kier alpha value is -2.20. The van der Waals surface area contributed by atoms with Crippen LogP contribution >= 0.6 is 11.3 Å². The SMILES string of the molecule is C[C@H](c1nc2ccccc2s1)N(C)C(=O)Cc1ccc2c(c1)CCC2. The number of carbonyl (C=O) groups is 1. The van der Waals surface area contributed by atoms with Crippen molar-refractivity contribution in [3.05, 3.63) is 64.2 Å². The standard InChI is InChI=1S/C21H22N2OS/c1-14(21-22-18-8-3-4-9-19(18)25-21)23(2)20(24)13-15-10-11-16-6-5-7-17(16)12-15/h3-4,8-12,14H,5-7,13H2,1-2H3/t14-/m1/s1. The summed E-state index contributed by atoms with van der Waals surface area (Å²) in [5.74, 6) is 0.143. The zero-order chi connectivity index (χ0) is 17.4. The van der Waals surface area contributed by atoms with Crippen molar-refractivity contribution >= 4 is 27.5 Å². The van der Waals surface area contributed by atoms with Crippen LogP contribution < -0.4 is 0 Å². The van der Waals surface area contributed by atoms with Crippen LogP contribution in [0.3, 0.4) is 0 Å². The van der Waals surface area contributed by atoms with Gasteiger partial charge >= 0.3 is 0 Å². The first-order valence-electron chi connectivity index (χ1n) is 8.83. The normalized spacial score (nSPS) is 14.5. The van der Waals surface area contributed by atoms with E-state index in [1.54, 1.807) is 11.3 Å². The van der Waals surface area contributed by atoms with Crippen molar-refractivity contribution in [3.8, 4) is 0 Å². The van der Waals surface area contributed by atoms with Crippen LogP contribution in [0.2, 0.25) is 0 Å². The van der Waals surface area contributed by atoms with Crippen molar-refractivity contribution in [3.63, 3.8) is 0 Å². The molecule has 1 aliphatic carbocycles. The Labute approximate surface area is 152 Å². The highest BCUT2D eigenvalue weighted by Crippen LogP contribution is 2.29. The number of carbonyl (C=O) groups excluding carboxylic acids is 1. The summed E-state index contributed by atoms with van der Waals surface area (Å²) < 4.78 is 1.17. The molecule has 1 atom stereocenters. The van der Waals surface area contributed by atoms with Crippen LogP contribution in [0, 0.1) is 0 Å². The van der Waals surface area contributed by atoms with Crippen LogP contribution in [0.5, 0.6) is 0 Å². The molecule has 128 valence electrons. The van der Waals surface area contributed by atoms with E-state index in [0.29, 0.717) is 6.42 Å². The number of amides is 1. The van der Waals surface area contributed by atoms with Crippen molar-refractivity contribution in [1.82, 2.24) is 9.88 Å². The Bertz CT molecular complexity index is 898. The van der Waals surface area contributed by atoms with Gasteiger partial charge in [-0.15, -0.1) is 11.3 Å². The summed E-state index contributed by atoms with van der Waals surface area (Å²) in [6, 6.07) is 14.6. The van der Waals surface area contributed by atoms with Crippen molar-refractivity contribution in [1.29, 1.82) is 0 Å². The van der Waals surface area contributed by atoms with E-state index < -0.39 is 0 Å². The Morgan fingerprint density at radius 1 is 1.20 bits per heavy atom. The number of benzene rings is 2. The summed E-state index contributed by atoms with van der Waals surface area (Å²) in [7, 11) is 1.88. The van der Waals surface area contributed by atoms with Crippen molar-refractivity contribution in [2.75, 3.05) is 7.05 Å². The molecule has 0 bridgehead atoms. The topological polar surface area (TPSA) is 33.2 Å². The number of rotatable bonds is 4. The summed E-state index contributed by atoms with van der Waals surface area (Å²) >= 11 is 1.67. The molecule has 0 fully saturated rings. The molecule has 3 aromatic rings. The molecule has 0 aliphatic heterocycles. The molecule has 0 saturated carbocycles. The number of hydrogen-bond acceptors (Lipinski definition) is 3. The van der Waals surface area contributed by atoms with Gasteiger partial charge in [-0.05, 0) is 55.0 Å². The van der Waals surface area contributed by atoms with Crippen LogP contribution in [0.4, 0.5) is 0 Å². The van der Waals surface area contributed by atoms with E-state index in [9.17, 15) is 4.79 Å². The van der Waals surface area contributed by atoms with Gasteiger partial charge in [-0.3, -0.25) is 4.79 Å². The minimum atomic E-state index is -0.0145. The smallest absolute Gasteiger partial charge is 0.227 e. The van der Waals surface area contributed by atoms with Crippen LogP contribution in [0.25, 0.3) is 10.2 Å². The molecule has 0 saturated heterocycles. The van der Waals surface area contributed by atoms with Gasteiger partial charge in [0.15, 0.2) is 0 Å². The van der Waals surface area contributed by atoms with Gasteiger partial charge in [0.25, 0.3) is 0 Å². The maximum absolute atomic E-state index is 12.7. The van der Waals surface area contributed by atoms with Gasteiger partial charge < -0.3 is 4.90 Å². The van der Waals surface area contributed by atoms with Crippen LogP contribution in [-0.2, 0) is 24.1 Å². The predicted molar refractivity (Wildman–Crippen MR) is 103 cm³/mol. The van der Waals surface area contributed by atoms with Gasteiger partial charge in [0, 0.05) is 7.05 Å². The maximum Gasteiger partial charge on any atom is 0.227 e. The molecular weight excluding hydrogens is 328 g/mol. The third-order valence-corrected chi connectivity index (χ3v) is 6.37. The molecule has 0 radical (unpaired) electrons. The molecular formula is C21H22N2OS. The highest BCUT2D eigenvalue weighted by Gasteiger charge is 2.21. The quantitative estimate of drug-likeness (QED) is 0.692. The average Bonchev–Trinajstić information content (AvgIpc) is 3.26. The predicted octanol–water partition coefficient (Wildman–Crippen LogP) is 4.55. The first-order valence-corrected chi connectivity index (χ1v) is 9.65. The molecule has 0 unspecified atom stereocenters. The molecule has 1 aromatic heterocycles. The third kappa shape index (κ3) is 3.19. The Morgan fingerprint density at radius 3 is 2.84 bits per heavy atom. The second-order valence-electron chi connectivity index (χ2n) is 6.83. The molecule has 3 nitrogen and oxygen atoms in total. The van der Waals surface area contributed by atoms with Gasteiger partial charge in [0.2, 0.25) is 5.91 Å². The van der Waals surface area contributed by atoms with Gasteiger partial charge in [-0.1, -0.05) is 30.3 Å². The number of likely N-dealkylation sites (N-methyl/N-ethyl adjacent to an activating group) is 1. The van der Waals surface area contributed by atoms with E-state index >= 15 is 0 Å². The summed E-state index contributed by atoms with van der Waals surface area (Å²) in [6.45, 7) is 2.05. The largest absolute Gasteiger partial charge is 0.336 e. The first kappa shape index (κ1) is 16.3. The van der Waals surface area contributed by atoms with E-state index in [-0.39, 0.29) is 11.9 Å². The van der Waals surface area contributed by atoms with E-state index in [0.717, 1.165) is 22.5 Å². The van der Waals surface area contributed by atoms with Crippen LogP contribution in [0.1, 0.15) is 41.1 Å². The number of nitrogens with zero attached hydrogens (tertiary/aromatic N) is 2. The molecule has 2 aromatic carbocycles. The van der Waals surface area contributed by atoms with Crippen LogP contribution in [-0.4, -0.2) is 22.8 Å². The summed E-state index contributed by atoms with van der Waals surface area (Å²) in [5, 5.41) is 0.992. The molecule has 0 N–H and O–H groups in total. The first-order chi connectivity index (χ1) is 12.1. The molecule has 0 spiro atoms. The fraction of sp³-hybridized carbons (Fsp3) is 0.333. The molecule has 25 heavy (non-hydrogen) atoms. The lowest BCUT2D eigenvalue weighted by Gasteiger charge is -2.23. The van der Waals surface area contributed by atoms with Crippen molar-refractivity contribution < 1.29 is 4.79 Å². The maximum atomic E-state index is 12.7. The minimum absolute atomic E-state index is 0.0145. The third-order valence-electron chi connectivity index (χ3n) is 5.16. The lowest BCUT2D eigenvalue weighted by molar-refractivity contribution is -0.131. The van der Waals surface area contributed by atoms with Crippen molar-refractivity contribution in [2.24, 2.45) is 0 Å². The lowest BCUT2D eigenvalue weighted by Crippen LogP contribution is -2.30. The van der Waals surface area contributed by atoms with Gasteiger partial charge in [0.1, 0.15) is 5.01 Å². The number of fused-ring (bicyclic) bond motifs is 2. The highest BCUT2D eigenvalue weighted by atomic mass is 32.1. The Kier molecular flexibility index (Phi) is 4.30. The van der Waals surface area contributed by atoms with Gasteiger partial charge in [-0.25, -0.2) is 4.98 Å². The lowest BCUT2D eigenvalue weighted by atomic mass is 10.0. The number of para-hydroxylation sites is 1. The van der Waals surface area contributed by atoms with E-state index in [4.69, 9.17) is 4.98 Å². The number of hydrogen-bond donors (Lipinski definition) is 0. The second kappa shape index (κ2) is 6.60. The molecule has 4 rings (SSSR count). The Morgan fingerprint density at radius 2 is 2.00 bits per heavy atom. The zero-order valence-electron chi connectivity index (χ0n) is 14.7.